The molecule has 0 aliphatic heterocycles. The molecule has 1 aromatic carbocycles. The average molecular weight is 254 g/mol. The van der Waals surface area contributed by atoms with Gasteiger partial charge in [0.05, 0.1) is 11.5 Å². The molecular weight excluding hydrogens is 244 g/mol. The number of nitro benzene ring substituents is 1. The van der Waals surface area contributed by atoms with Crippen LogP contribution in [0.25, 0.3) is 0 Å². The van der Waals surface area contributed by atoms with Crippen LogP contribution in [0.2, 0.25) is 0 Å². The summed E-state index contributed by atoms with van der Waals surface area (Å²) in [5, 5.41) is 27.9. The quantitative estimate of drug-likeness (QED) is 0.628. The maximum Gasteiger partial charge on any atom is 0.417 e. The van der Waals surface area contributed by atoms with Crippen LogP contribution in [0.5, 0.6) is 0 Å². The van der Waals surface area contributed by atoms with E-state index in [9.17, 15) is 19.7 Å². The van der Waals surface area contributed by atoms with E-state index in [2.05, 4.69) is 0 Å². The van der Waals surface area contributed by atoms with Gasteiger partial charge in [-0.2, -0.15) is 0 Å². The van der Waals surface area contributed by atoms with Crippen molar-refractivity contribution in [2.24, 2.45) is 0 Å². The number of nitrogens with zero attached hydrogens (tertiary/aromatic N) is 2. The monoisotopic (exact) mass is 254 g/mol. The highest BCUT2D eigenvalue weighted by atomic mass is 16.6. The first-order valence-electron chi connectivity index (χ1n) is 4.79. The summed E-state index contributed by atoms with van der Waals surface area (Å²) in [5.41, 5.74) is 0.585. The summed E-state index contributed by atoms with van der Waals surface area (Å²) in [6.45, 7) is 1.15. The molecule has 0 fully saturated rings. The van der Waals surface area contributed by atoms with Gasteiger partial charge in [-0.15, -0.1) is 0 Å². The van der Waals surface area contributed by atoms with Crippen molar-refractivity contribution in [3.8, 4) is 0 Å². The summed E-state index contributed by atoms with van der Waals surface area (Å²) in [4.78, 5) is 31.5. The van der Waals surface area contributed by atoms with Crippen LogP contribution in [-0.2, 0) is 6.54 Å². The molecule has 0 saturated heterocycles. The van der Waals surface area contributed by atoms with Crippen molar-refractivity contribution in [1.82, 2.24) is 4.90 Å². The van der Waals surface area contributed by atoms with Crippen molar-refractivity contribution < 1.29 is 24.7 Å². The molecule has 0 spiro atoms. The molecule has 8 nitrogen and oxygen atoms in total. The fraction of sp³-hybridized carbons (Fsp3) is 0.200. The Morgan fingerprint density at radius 2 is 1.83 bits per heavy atom. The molecule has 0 aromatic heterocycles. The molecule has 8 heteroatoms. The minimum atomic E-state index is -1.63. The standard InChI is InChI=1S/C10H10N2O6/c1-6-2-7(4-8(3-6)12(17)18)5-11(9(13)14)10(15)16/h2-4H,5H2,1H3,(H,13,14)(H,15,16). The van der Waals surface area contributed by atoms with Gasteiger partial charge in [0.15, 0.2) is 0 Å². The molecule has 0 unspecified atom stereocenters. The van der Waals surface area contributed by atoms with Gasteiger partial charge in [-0.1, -0.05) is 6.07 Å². The lowest BCUT2D eigenvalue weighted by molar-refractivity contribution is -0.385. The van der Waals surface area contributed by atoms with E-state index in [1.54, 1.807) is 6.92 Å². The first-order valence-corrected chi connectivity index (χ1v) is 4.79. The fourth-order valence-electron chi connectivity index (χ4n) is 1.44. The normalized spacial score (nSPS) is 9.83. The number of hydrogen-bond acceptors (Lipinski definition) is 4. The van der Waals surface area contributed by atoms with E-state index in [-0.39, 0.29) is 16.2 Å². The van der Waals surface area contributed by atoms with Crippen molar-refractivity contribution >= 4 is 17.9 Å². The number of non-ortho nitro benzene ring substituents is 1. The van der Waals surface area contributed by atoms with E-state index in [4.69, 9.17) is 10.2 Å². The van der Waals surface area contributed by atoms with Gasteiger partial charge < -0.3 is 10.2 Å². The van der Waals surface area contributed by atoms with Crippen molar-refractivity contribution in [3.63, 3.8) is 0 Å². The summed E-state index contributed by atoms with van der Waals surface area (Å²) in [5.74, 6) is 0. The van der Waals surface area contributed by atoms with E-state index in [0.29, 0.717) is 5.56 Å². The second-order valence-corrected chi connectivity index (χ2v) is 3.59. The zero-order valence-corrected chi connectivity index (χ0v) is 9.36. The molecule has 96 valence electrons. The van der Waals surface area contributed by atoms with Crippen molar-refractivity contribution in [2.45, 2.75) is 13.5 Å². The molecule has 0 aliphatic rings. The Balaban J connectivity index is 3.06. The third kappa shape index (κ3) is 3.17. The number of carbonyl (C=O) groups is 2. The molecular formula is C10H10N2O6. The molecule has 0 saturated carbocycles. The minimum absolute atomic E-state index is 0.151. The number of benzene rings is 1. The number of carboxylic acid groups (broad SMARTS) is 2. The highest BCUT2D eigenvalue weighted by molar-refractivity contribution is 5.85. The molecule has 1 rings (SSSR count). The topological polar surface area (TPSA) is 121 Å². The van der Waals surface area contributed by atoms with Gasteiger partial charge in [-0.25, -0.2) is 14.5 Å². The number of amides is 2. The number of hydrogen-bond donors (Lipinski definition) is 2. The van der Waals surface area contributed by atoms with Crippen molar-refractivity contribution in [1.29, 1.82) is 0 Å². The highest BCUT2D eigenvalue weighted by Crippen LogP contribution is 2.18. The largest absolute Gasteiger partial charge is 0.465 e. The molecule has 2 amide bonds. The lowest BCUT2D eigenvalue weighted by Crippen LogP contribution is -2.33. The summed E-state index contributed by atoms with van der Waals surface area (Å²) < 4.78 is 0. The summed E-state index contributed by atoms with van der Waals surface area (Å²) in [6, 6.07) is 3.95. The Hall–Kier alpha value is -2.64. The smallest absolute Gasteiger partial charge is 0.417 e. The predicted molar refractivity (Wildman–Crippen MR) is 59.4 cm³/mol. The third-order valence-corrected chi connectivity index (χ3v) is 2.14. The zero-order valence-electron chi connectivity index (χ0n) is 9.36. The van der Waals surface area contributed by atoms with Crippen LogP contribution in [0.1, 0.15) is 11.1 Å². The third-order valence-electron chi connectivity index (χ3n) is 2.14. The van der Waals surface area contributed by atoms with Crippen LogP contribution in [0, 0.1) is 17.0 Å². The van der Waals surface area contributed by atoms with E-state index in [1.807, 2.05) is 0 Å². The van der Waals surface area contributed by atoms with Gasteiger partial charge in [0.25, 0.3) is 5.69 Å². The second kappa shape index (κ2) is 5.13. The Morgan fingerprint density at radius 1 is 1.28 bits per heavy atom. The van der Waals surface area contributed by atoms with Gasteiger partial charge in [0.1, 0.15) is 0 Å². The molecule has 0 atom stereocenters. The zero-order chi connectivity index (χ0) is 13.9. The lowest BCUT2D eigenvalue weighted by Gasteiger charge is -2.13. The first-order chi connectivity index (χ1) is 8.31. The Morgan fingerprint density at radius 3 is 2.28 bits per heavy atom. The van der Waals surface area contributed by atoms with Gasteiger partial charge in [-0.3, -0.25) is 10.1 Å². The highest BCUT2D eigenvalue weighted by Gasteiger charge is 2.21. The molecule has 18 heavy (non-hydrogen) atoms. The predicted octanol–water partition coefficient (Wildman–Crippen LogP) is 2.06. The number of imide groups is 1. The van der Waals surface area contributed by atoms with Gasteiger partial charge >= 0.3 is 12.2 Å². The molecule has 1 aromatic rings. The van der Waals surface area contributed by atoms with Gasteiger partial charge in [-0.05, 0) is 18.1 Å². The van der Waals surface area contributed by atoms with E-state index in [1.165, 1.54) is 12.1 Å². The number of nitro groups is 1. The van der Waals surface area contributed by atoms with Crippen LogP contribution in [0.15, 0.2) is 18.2 Å². The molecule has 0 radical (unpaired) electrons. The summed E-state index contributed by atoms with van der Waals surface area (Å²) in [6.07, 6.45) is -3.27. The van der Waals surface area contributed by atoms with E-state index in [0.717, 1.165) is 6.07 Å². The van der Waals surface area contributed by atoms with E-state index >= 15 is 0 Å². The Labute approximate surface area is 101 Å². The molecule has 2 N–H and O–H groups in total. The van der Waals surface area contributed by atoms with E-state index < -0.39 is 23.7 Å². The lowest BCUT2D eigenvalue weighted by atomic mass is 10.1. The number of rotatable bonds is 3. The summed E-state index contributed by atoms with van der Waals surface area (Å²) in [7, 11) is 0. The second-order valence-electron chi connectivity index (χ2n) is 3.59. The van der Waals surface area contributed by atoms with Crippen LogP contribution < -0.4 is 0 Å². The first kappa shape index (κ1) is 13.4. The minimum Gasteiger partial charge on any atom is -0.465 e. The maximum atomic E-state index is 10.7. The van der Waals surface area contributed by atoms with Crippen molar-refractivity contribution in [2.75, 3.05) is 0 Å². The average Bonchev–Trinajstić information content (AvgIpc) is 2.24. The van der Waals surface area contributed by atoms with Crippen molar-refractivity contribution in [3.05, 3.63) is 39.4 Å². The summed E-state index contributed by atoms with van der Waals surface area (Å²) >= 11 is 0. The van der Waals surface area contributed by atoms with Gasteiger partial charge in [0.2, 0.25) is 0 Å². The number of aryl methyl sites for hydroxylation is 1. The molecule has 0 aliphatic carbocycles. The maximum absolute atomic E-state index is 10.7. The van der Waals surface area contributed by atoms with Crippen LogP contribution >= 0.6 is 0 Å². The van der Waals surface area contributed by atoms with Crippen LogP contribution in [0.3, 0.4) is 0 Å². The molecule has 0 bridgehead atoms. The van der Waals surface area contributed by atoms with Gasteiger partial charge in [0, 0.05) is 12.1 Å². The molecule has 0 heterocycles. The fourth-order valence-corrected chi connectivity index (χ4v) is 1.44. The SMILES string of the molecule is Cc1cc(CN(C(=O)O)C(=O)O)cc([N+](=O)[O-])c1. The Kier molecular flexibility index (Phi) is 3.82. The Bertz CT molecular complexity index is 499. The van der Waals surface area contributed by atoms with Crippen LogP contribution in [0.4, 0.5) is 15.3 Å². The van der Waals surface area contributed by atoms with Crippen LogP contribution in [-0.4, -0.2) is 32.2 Å².